The lowest BCUT2D eigenvalue weighted by Crippen LogP contribution is -2.26. The maximum atomic E-state index is 11.6. The van der Waals surface area contributed by atoms with Gasteiger partial charge >= 0.3 is 11.4 Å². The third kappa shape index (κ3) is 1.54. The molecule has 84 valence electrons. The Morgan fingerprint density at radius 2 is 1.81 bits per heavy atom. The molecule has 0 aliphatic rings. The molecule has 2 aromatic rings. The number of hydrogen-bond acceptors (Lipinski definition) is 3. The van der Waals surface area contributed by atoms with E-state index in [1.54, 1.807) is 31.4 Å². The molecule has 16 heavy (non-hydrogen) atoms. The Morgan fingerprint density at radius 3 is 2.25 bits per heavy atom. The highest BCUT2D eigenvalue weighted by atomic mass is 16.5. The van der Waals surface area contributed by atoms with Crippen LogP contribution in [0.4, 0.5) is 0 Å². The predicted molar refractivity (Wildman–Crippen MR) is 58.2 cm³/mol. The molecule has 0 radical (unpaired) electrons. The number of methoxy groups -OCH3 is 1. The van der Waals surface area contributed by atoms with Gasteiger partial charge in [-0.3, -0.25) is 0 Å². The van der Waals surface area contributed by atoms with Gasteiger partial charge in [0.25, 0.3) is 0 Å². The van der Waals surface area contributed by atoms with E-state index in [0.29, 0.717) is 11.4 Å². The van der Waals surface area contributed by atoms with E-state index in [2.05, 4.69) is 5.10 Å². The molecule has 0 saturated heterocycles. The van der Waals surface area contributed by atoms with E-state index in [1.807, 2.05) is 0 Å². The van der Waals surface area contributed by atoms with E-state index < -0.39 is 11.4 Å². The summed E-state index contributed by atoms with van der Waals surface area (Å²) < 4.78 is 7.18. The van der Waals surface area contributed by atoms with E-state index in [-0.39, 0.29) is 0 Å². The van der Waals surface area contributed by atoms with Crippen LogP contribution in [0.5, 0.6) is 5.75 Å². The third-order valence-electron chi connectivity index (χ3n) is 2.28. The smallest absolute Gasteiger partial charge is 0.351 e. The van der Waals surface area contributed by atoms with Crippen molar-refractivity contribution in [2.45, 2.75) is 0 Å². The number of ether oxygens (including phenoxy) is 1. The first-order valence-electron chi connectivity index (χ1n) is 4.66. The molecule has 6 nitrogen and oxygen atoms in total. The van der Waals surface area contributed by atoms with Gasteiger partial charge in [-0.05, 0) is 24.3 Å². The minimum atomic E-state index is -0.460. The van der Waals surface area contributed by atoms with Gasteiger partial charge in [0, 0.05) is 7.05 Å². The van der Waals surface area contributed by atoms with Gasteiger partial charge in [0.15, 0.2) is 0 Å². The second kappa shape index (κ2) is 3.73. The van der Waals surface area contributed by atoms with Crippen molar-refractivity contribution in [3.05, 3.63) is 45.2 Å². The summed E-state index contributed by atoms with van der Waals surface area (Å²) >= 11 is 0. The first-order valence-corrected chi connectivity index (χ1v) is 4.66. The molecule has 2 rings (SSSR count). The van der Waals surface area contributed by atoms with Crippen molar-refractivity contribution < 1.29 is 4.74 Å². The van der Waals surface area contributed by atoms with E-state index in [1.165, 1.54) is 7.05 Å². The molecule has 0 saturated carbocycles. The molecule has 0 spiro atoms. The quantitative estimate of drug-likeness (QED) is 0.768. The molecule has 1 N–H and O–H groups in total. The van der Waals surface area contributed by atoms with Crippen LogP contribution in [0, 0.1) is 0 Å². The monoisotopic (exact) mass is 221 g/mol. The minimum Gasteiger partial charge on any atom is -0.497 e. The van der Waals surface area contributed by atoms with E-state index in [9.17, 15) is 9.59 Å². The molecule has 0 unspecified atom stereocenters. The molecule has 0 aliphatic carbocycles. The molecule has 0 bridgehead atoms. The maximum Gasteiger partial charge on any atom is 0.351 e. The van der Waals surface area contributed by atoms with Gasteiger partial charge in [-0.15, -0.1) is 0 Å². The van der Waals surface area contributed by atoms with Crippen molar-refractivity contribution in [1.29, 1.82) is 0 Å². The van der Waals surface area contributed by atoms with Crippen LogP contribution in [0.2, 0.25) is 0 Å². The predicted octanol–water partition coefficient (Wildman–Crippen LogP) is -0.127. The highest BCUT2D eigenvalue weighted by Gasteiger charge is 2.07. The fraction of sp³-hybridized carbons (Fsp3) is 0.200. The standard InChI is InChI=1S/C10H11N3O3/c1-12-10(15)13(9(14)11-12)7-3-5-8(16-2)6-4-7/h3-6H,1-2H3,(H,11,14). The molecular weight excluding hydrogens is 210 g/mol. The lowest BCUT2D eigenvalue weighted by Gasteiger charge is -2.01. The van der Waals surface area contributed by atoms with Crippen molar-refractivity contribution >= 4 is 0 Å². The second-order valence-corrected chi connectivity index (χ2v) is 3.29. The van der Waals surface area contributed by atoms with Crippen molar-refractivity contribution in [1.82, 2.24) is 14.3 Å². The SMILES string of the molecule is COc1ccc(-n2c(=O)[nH]n(C)c2=O)cc1. The number of nitrogens with one attached hydrogen (secondary N) is 1. The van der Waals surface area contributed by atoms with Gasteiger partial charge in [0.2, 0.25) is 0 Å². The van der Waals surface area contributed by atoms with Gasteiger partial charge in [0.1, 0.15) is 5.75 Å². The van der Waals surface area contributed by atoms with Crippen molar-refractivity contribution in [2.24, 2.45) is 7.05 Å². The Labute approximate surface area is 90.7 Å². The molecule has 0 atom stereocenters. The molecule has 1 heterocycles. The van der Waals surface area contributed by atoms with Gasteiger partial charge < -0.3 is 4.74 Å². The summed E-state index contributed by atoms with van der Waals surface area (Å²) in [5.41, 5.74) is -0.361. The largest absolute Gasteiger partial charge is 0.497 e. The van der Waals surface area contributed by atoms with Crippen LogP contribution in [-0.2, 0) is 7.05 Å². The summed E-state index contributed by atoms with van der Waals surface area (Å²) in [6.45, 7) is 0. The summed E-state index contributed by atoms with van der Waals surface area (Å²) in [5, 5.41) is 2.38. The molecule has 0 aliphatic heterocycles. The van der Waals surface area contributed by atoms with Crippen LogP contribution in [0.15, 0.2) is 33.9 Å². The summed E-state index contributed by atoms with van der Waals surface area (Å²) in [5.74, 6) is 0.671. The number of aromatic nitrogens is 3. The van der Waals surface area contributed by atoms with Gasteiger partial charge in [-0.1, -0.05) is 0 Å². The summed E-state index contributed by atoms with van der Waals surface area (Å²) in [6.07, 6.45) is 0. The lowest BCUT2D eigenvalue weighted by atomic mass is 10.3. The second-order valence-electron chi connectivity index (χ2n) is 3.29. The summed E-state index contributed by atoms with van der Waals surface area (Å²) in [4.78, 5) is 23.1. The molecule has 1 aromatic carbocycles. The topological polar surface area (TPSA) is 69.0 Å². The third-order valence-corrected chi connectivity index (χ3v) is 2.28. The molecule has 6 heteroatoms. The molecule has 1 aromatic heterocycles. The minimum absolute atomic E-state index is 0.407. The van der Waals surface area contributed by atoms with E-state index in [0.717, 1.165) is 9.25 Å². The van der Waals surface area contributed by atoms with E-state index in [4.69, 9.17) is 4.74 Å². The Morgan fingerprint density at radius 1 is 1.19 bits per heavy atom. The summed E-state index contributed by atoms with van der Waals surface area (Å²) in [6, 6.07) is 6.67. The van der Waals surface area contributed by atoms with Crippen LogP contribution < -0.4 is 16.1 Å². The molecule has 0 fully saturated rings. The van der Waals surface area contributed by atoms with Gasteiger partial charge in [-0.2, -0.15) is 0 Å². The van der Waals surface area contributed by atoms with Crippen molar-refractivity contribution in [3.8, 4) is 11.4 Å². The van der Waals surface area contributed by atoms with Crippen LogP contribution in [-0.4, -0.2) is 21.5 Å². The first kappa shape index (κ1) is 10.3. The van der Waals surface area contributed by atoms with Gasteiger partial charge in [-0.25, -0.2) is 23.9 Å². The number of hydrogen-bond donors (Lipinski definition) is 1. The number of benzene rings is 1. The fourth-order valence-corrected chi connectivity index (χ4v) is 1.44. The van der Waals surface area contributed by atoms with Crippen molar-refractivity contribution in [2.75, 3.05) is 7.11 Å². The van der Waals surface area contributed by atoms with Crippen LogP contribution in [0.25, 0.3) is 5.69 Å². The number of aryl methyl sites for hydroxylation is 1. The van der Waals surface area contributed by atoms with Crippen LogP contribution in [0.1, 0.15) is 0 Å². The zero-order chi connectivity index (χ0) is 11.7. The Bertz CT molecular complexity index is 603. The normalized spacial score (nSPS) is 10.4. The van der Waals surface area contributed by atoms with Crippen molar-refractivity contribution in [3.63, 3.8) is 0 Å². The molecular formula is C10H11N3O3. The maximum absolute atomic E-state index is 11.6. The number of aromatic amines is 1. The zero-order valence-electron chi connectivity index (χ0n) is 8.93. The van der Waals surface area contributed by atoms with E-state index >= 15 is 0 Å². The average Bonchev–Trinajstić information content (AvgIpc) is 2.54. The average molecular weight is 221 g/mol. The number of rotatable bonds is 2. The van der Waals surface area contributed by atoms with Crippen LogP contribution >= 0.6 is 0 Å². The summed E-state index contributed by atoms with van der Waals surface area (Å²) in [7, 11) is 3.04. The fourth-order valence-electron chi connectivity index (χ4n) is 1.44. The Kier molecular flexibility index (Phi) is 2.40. The Balaban J connectivity index is 2.59. The number of H-pyrrole nitrogens is 1. The Hall–Kier alpha value is -2.24. The highest BCUT2D eigenvalue weighted by Crippen LogP contribution is 2.12. The van der Waals surface area contributed by atoms with Gasteiger partial charge in [0.05, 0.1) is 12.8 Å². The molecule has 0 amide bonds. The number of nitrogens with zero attached hydrogens (tertiary/aromatic N) is 2. The first-order chi connectivity index (χ1) is 7.63. The van der Waals surface area contributed by atoms with Crippen LogP contribution in [0.3, 0.4) is 0 Å². The lowest BCUT2D eigenvalue weighted by molar-refractivity contribution is 0.414. The zero-order valence-corrected chi connectivity index (χ0v) is 8.93. The highest BCUT2D eigenvalue weighted by molar-refractivity contribution is 5.36.